The molecule has 196 valence electrons. The van der Waals surface area contributed by atoms with Crippen LogP contribution in [0.15, 0.2) is 56.8 Å². The van der Waals surface area contributed by atoms with Gasteiger partial charge in [0.2, 0.25) is 9.84 Å². The highest BCUT2D eigenvalue weighted by Crippen LogP contribution is 2.38. The van der Waals surface area contributed by atoms with E-state index in [1.165, 1.54) is 6.07 Å². The molecule has 0 unspecified atom stereocenters. The van der Waals surface area contributed by atoms with Crippen molar-refractivity contribution in [3.8, 4) is 17.5 Å². The number of halogens is 2. The molecule has 1 fully saturated rings. The number of sulfone groups is 1. The number of rotatable bonds is 4. The molecule has 0 atom stereocenters. The highest BCUT2D eigenvalue weighted by molar-refractivity contribution is 7.94. The van der Waals surface area contributed by atoms with E-state index in [9.17, 15) is 18.5 Å². The first-order valence-corrected chi connectivity index (χ1v) is 13.5. The summed E-state index contributed by atoms with van der Waals surface area (Å²) >= 11 is 5.96. The zero-order valence-electron chi connectivity index (χ0n) is 20.2. The molecule has 2 N–H and O–H groups in total. The molecule has 2 aromatic carbocycles. The molecule has 1 aromatic heterocycles. The number of carbonyl (C=O) groups excluding carboxylic acids is 1. The molecular formula is C25H22ClFN6O4S. The van der Waals surface area contributed by atoms with Crippen LogP contribution < -0.4 is 15.5 Å². The molecule has 2 aliphatic heterocycles. The van der Waals surface area contributed by atoms with Crippen LogP contribution >= 0.6 is 11.6 Å². The number of aromatic nitrogens is 2. The predicted octanol–water partition coefficient (Wildman–Crippen LogP) is 3.78. The van der Waals surface area contributed by atoms with Crippen LogP contribution in [0.25, 0.3) is 11.5 Å². The Bertz CT molecular complexity index is 1610. The lowest BCUT2D eigenvalue weighted by molar-refractivity contribution is -0.115. The van der Waals surface area contributed by atoms with E-state index in [1.54, 1.807) is 24.3 Å². The van der Waals surface area contributed by atoms with Crippen LogP contribution in [-0.2, 0) is 21.2 Å². The van der Waals surface area contributed by atoms with Crippen LogP contribution in [0.1, 0.15) is 25.3 Å². The van der Waals surface area contributed by atoms with Crippen molar-refractivity contribution in [3.63, 3.8) is 0 Å². The highest BCUT2D eigenvalue weighted by atomic mass is 35.5. The summed E-state index contributed by atoms with van der Waals surface area (Å²) < 4.78 is 47.0. The number of nitrogens with two attached hydrogens (primary N) is 1. The Morgan fingerprint density at radius 3 is 2.55 bits per heavy atom. The van der Waals surface area contributed by atoms with Gasteiger partial charge in [-0.1, -0.05) is 28.8 Å². The molecule has 0 radical (unpaired) electrons. The second kappa shape index (κ2) is 9.41. The Morgan fingerprint density at radius 2 is 1.89 bits per heavy atom. The smallest absolute Gasteiger partial charge is 0.318 e. The number of anilines is 2. The number of carbonyl (C=O) groups is 1. The van der Waals surface area contributed by atoms with Gasteiger partial charge in [-0.3, -0.25) is 4.79 Å². The summed E-state index contributed by atoms with van der Waals surface area (Å²) in [4.78, 5) is 15.7. The largest absolute Gasteiger partial charge is 0.403 e. The van der Waals surface area contributed by atoms with Crippen LogP contribution in [0.4, 0.5) is 16.1 Å². The maximum absolute atomic E-state index is 15.3. The molecule has 0 aliphatic carbocycles. The van der Waals surface area contributed by atoms with Crippen LogP contribution in [0.5, 0.6) is 0 Å². The van der Waals surface area contributed by atoms with Gasteiger partial charge in [-0.25, -0.2) is 12.8 Å². The molecule has 3 aromatic rings. The molecular weight excluding hydrogens is 535 g/mol. The van der Waals surface area contributed by atoms with Crippen molar-refractivity contribution in [2.75, 3.05) is 22.9 Å². The molecule has 3 heterocycles. The van der Waals surface area contributed by atoms with Gasteiger partial charge in [0, 0.05) is 18.1 Å². The minimum absolute atomic E-state index is 0.0569. The summed E-state index contributed by atoms with van der Waals surface area (Å²) in [6.07, 6.45) is 1.20. The molecule has 0 bridgehead atoms. The first kappa shape index (κ1) is 25.7. The monoisotopic (exact) mass is 556 g/mol. The summed E-state index contributed by atoms with van der Waals surface area (Å²) in [5.74, 6) is -1.87. The van der Waals surface area contributed by atoms with E-state index < -0.39 is 37.6 Å². The van der Waals surface area contributed by atoms with E-state index in [-0.39, 0.29) is 29.7 Å². The Hall–Kier alpha value is -3.95. The normalized spacial score (nSPS) is 18.4. The zero-order chi connectivity index (χ0) is 27.2. The van der Waals surface area contributed by atoms with Crippen molar-refractivity contribution in [2.24, 2.45) is 11.1 Å². The number of fused-ring (bicyclic) bond motifs is 1. The van der Waals surface area contributed by atoms with Crippen LogP contribution in [-0.4, -0.2) is 37.6 Å². The van der Waals surface area contributed by atoms with E-state index in [2.05, 4.69) is 16.3 Å². The van der Waals surface area contributed by atoms with Crippen molar-refractivity contribution in [3.05, 3.63) is 63.9 Å². The van der Waals surface area contributed by atoms with Gasteiger partial charge in [0.05, 0.1) is 39.6 Å². The summed E-state index contributed by atoms with van der Waals surface area (Å²) in [5.41, 5.74) is 5.25. The number of nitriles is 1. The fourth-order valence-electron chi connectivity index (χ4n) is 4.38. The molecule has 10 nitrogen and oxygen atoms in total. The lowest BCUT2D eigenvalue weighted by Crippen LogP contribution is -2.38. The standard InChI is InChI=1S/C25H22ClFN6O4S/c1-25(14-28)6-8-32(9-7-25)24-31-30-22(37-24)17-10-20-21(11-18(17)27)38(35,36)13-19(29)23(34)33(20)12-15-2-4-16(26)5-3-15/h2-5,10-11,13H,6-9,12,29H2,1H3. The summed E-state index contributed by atoms with van der Waals surface area (Å²) in [7, 11) is -4.25. The summed E-state index contributed by atoms with van der Waals surface area (Å²) in [6.45, 7) is 2.84. The van der Waals surface area contributed by atoms with Crippen LogP contribution in [0.2, 0.25) is 5.02 Å². The predicted molar refractivity (Wildman–Crippen MR) is 137 cm³/mol. The third-order valence-corrected chi connectivity index (χ3v) is 8.48. The molecule has 2 aliphatic rings. The molecule has 5 rings (SSSR count). The van der Waals surface area contributed by atoms with Crippen molar-refractivity contribution >= 4 is 39.0 Å². The zero-order valence-corrected chi connectivity index (χ0v) is 21.8. The average molecular weight is 557 g/mol. The third kappa shape index (κ3) is 4.70. The third-order valence-electron chi connectivity index (χ3n) is 6.73. The quantitative estimate of drug-likeness (QED) is 0.507. The number of hydrogen-bond acceptors (Lipinski definition) is 9. The fourth-order valence-corrected chi connectivity index (χ4v) is 5.79. The summed E-state index contributed by atoms with van der Waals surface area (Å²) in [5, 5.41) is 18.5. The highest BCUT2D eigenvalue weighted by Gasteiger charge is 2.34. The van der Waals surface area contributed by atoms with Gasteiger partial charge < -0.3 is 20.0 Å². The first-order valence-electron chi connectivity index (χ1n) is 11.6. The topological polar surface area (TPSA) is 146 Å². The van der Waals surface area contributed by atoms with Gasteiger partial charge >= 0.3 is 6.01 Å². The van der Waals surface area contributed by atoms with E-state index in [0.29, 0.717) is 41.9 Å². The van der Waals surface area contributed by atoms with Crippen molar-refractivity contribution in [1.29, 1.82) is 5.26 Å². The summed E-state index contributed by atoms with van der Waals surface area (Å²) in [6, 6.07) is 11.1. The maximum Gasteiger partial charge on any atom is 0.318 e. The van der Waals surface area contributed by atoms with Crippen LogP contribution in [0, 0.1) is 22.6 Å². The lowest BCUT2D eigenvalue weighted by Gasteiger charge is -2.33. The van der Waals surface area contributed by atoms with Crippen molar-refractivity contribution in [2.45, 2.75) is 31.2 Å². The van der Waals surface area contributed by atoms with E-state index in [1.807, 2.05) is 11.8 Å². The Kier molecular flexibility index (Phi) is 6.36. The van der Waals surface area contributed by atoms with Gasteiger partial charge in [0.1, 0.15) is 11.5 Å². The van der Waals surface area contributed by atoms with E-state index in [4.69, 9.17) is 21.8 Å². The Labute approximate surface area is 223 Å². The second-order valence-corrected chi connectivity index (χ2v) is 11.7. The van der Waals surface area contributed by atoms with Crippen molar-refractivity contribution in [1.82, 2.24) is 10.2 Å². The van der Waals surface area contributed by atoms with Gasteiger partial charge in [-0.05, 0) is 49.6 Å². The van der Waals surface area contributed by atoms with E-state index >= 15 is 4.39 Å². The molecule has 13 heteroatoms. The van der Waals surface area contributed by atoms with Gasteiger partial charge in [-0.2, -0.15) is 5.26 Å². The minimum atomic E-state index is -4.25. The van der Waals surface area contributed by atoms with Crippen molar-refractivity contribution < 1.29 is 22.0 Å². The average Bonchev–Trinajstić information content (AvgIpc) is 3.36. The maximum atomic E-state index is 15.3. The number of nitrogens with zero attached hydrogens (tertiary/aromatic N) is 5. The van der Waals surface area contributed by atoms with Gasteiger partial charge in [0.15, 0.2) is 0 Å². The van der Waals surface area contributed by atoms with Crippen LogP contribution in [0.3, 0.4) is 0 Å². The number of benzene rings is 2. The van der Waals surface area contributed by atoms with E-state index in [0.717, 1.165) is 11.0 Å². The Morgan fingerprint density at radius 1 is 1.21 bits per heavy atom. The Balaban J connectivity index is 1.55. The molecule has 38 heavy (non-hydrogen) atoms. The van der Waals surface area contributed by atoms with Gasteiger partial charge in [0.25, 0.3) is 11.8 Å². The molecule has 1 saturated heterocycles. The number of hydrogen-bond donors (Lipinski definition) is 1. The number of piperidine rings is 1. The fraction of sp³-hybridized carbons (Fsp3) is 0.280. The van der Waals surface area contributed by atoms with Gasteiger partial charge in [-0.15, -0.1) is 5.10 Å². The molecule has 0 saturated carbocycles. The molecule has 0 spiro atoms. The minimum Gasteiger partial charge on any atom is -0.403 e. The number of amides is 1. The second-order valence-electron chi connectivity index (χ2n) is 9.49. The first-order chi connectivity index (χ1) is 18.0. The lowest BCUT2D eigenvalue weighted by atomic mass is 9.82. The molecule has 1 amide bonds. The SMILES string of the molecule is CC1(C#N)CCN(c2nnc(-c3cc4c(cc3F)S(=O)(=O)C=C(N)C(=O)N4Cc3ccc(Cl)cc3)o2)CC1.